The van der Waals surface area contributed by atoms with E-state index in [1.165, 1.54) is 38.5 Å². The Morgan fingerprint density at radius 3 is 2.25 bits per heavy atom. The Hall–Kier alpha value is 0.0400. The average molecular weight is 307 g/mol. The van der Waals surface area contributed by atoms with Gasteiger partial charge in [-0.3, -0.25) is 0 Å². The first-order valence-corrected chi connectivity index (χ1v) is 6.58. The molecule has 0 N–H and O–H groups in total. The predicted molar refractivity (Wildman–Crippen MR) is 67.2 cm³/mol. The molecule has 1 aromatic rings. The summed E-state index contributed by atoms with van der Waals surface area (Å²) in [5, 5.41) is 0. The highest BCUT2D eigenvalue weighted by molar-refractivity contribution is 7.80. The molecular formula is C12H23BrN2S. The van der Waals surface area contributed by atoms with Crippen molar-refractivity contribution in [3.63, 3.8) is 0 Å². The molecule has 94 valence electrons. The molecule has 0 aromatic carbocycles. The molecule has 16 heavy (non-hydrogen) atoms. The van der Waals surface area contributed by atoms with Crippen molar-refractivity contribution in [3.05, 3.63) is 18.7 Å². The molecule has 0 saturated carbocycles. The second kappa shape index (κ2) is 10.2. The Labute approximate surface area is 115 Å². The number of halogens is 1. The zero-order chi connectivity index (χ0) is 10.9. The van der Waals surface area contributed by atoms with E-state index < -0.39 is 0 Å². The quantitative estimate of drug-likeness (QED) is 0.380. The van der Waals surface area contributed by atoms with Crippen molar-refractivity contribution in [1.29, 1.82) is 0 Å². The standard InChI is InChI=1S/C12H22N2S.BrH/c1-13-9-10-14(12-13)8-6-4-2-3-5-7-11-15;/h9-10,12H,2-8,11H2,1H3;1H. The third-order valence-electron chi connectivity index (χ3n) is 2.65. The summed E-state index contributed by atoms with van der Waals surface area (Å²) in [6, 6.07) is 0. The fraction of sp³-hybridized carbons (Fsp3) is 0.750. The molecule has 0 amide bonds. The van der Waals surface area contributed by atoms with Crippen molar-refractivity contribution in [1.82, 2.24) is 4.57 Å². The summed E-state index contributed by atoms with van der Waals surface area (Å²) < 4.78 is 4.35. The van der Waals surface area contributed by atoms with Crippen LogP contribution >= 0.6 is 12.6 Å². The van der Waals surface area contributed by atoms with E-state index in [4.69, 9.17) is 0 Å². The van der Waals surface area contributed by atoms with Crippen LogP contribution in [0.2, 0.25) is 0 Å². The fourth-order valence-electron chi connectivity index (χ4n) is 1.75. The molecular weight excluding hydrogens is 284 g/mol. The minimum Gasteiger partial charge on any atom is -1.00 e. The maximum atomic E-state index is 4.21. The van der Waals surface area contributed by atoms with E-state index in [1.807, 2.05) is 0 Å². The summed E-state index contributed by atoms with van der Waals surface area (Å²) in [4.78, 5) is 0. The van der Waals surface area contributed by atoms with Crippen molar-refractivity contribution in [2.24, 2.45) is 7.05 Å². The van der Waals surface area contributed by atoms with Crippen LogP contribution in [0.5, 0.6) is 0 Å². The van der Waals surface area contributed by atoms with E-state index in [0.29, 0.717) is 0 Å². The van der Waals surface area contributed by atoms with Gasteiger partial charge in [0.05, 0.1) is 13.6 Å². The number of aryl methyl sites for hydroxylation is 2. The van der Waals surface area contributed by atoms with E-state index in [1.54, 1.807) is 0 Å². The Morgan fingerprint density at radius 2 is 1.69 bits per heavy atom. The van der Waals surface area contributed by atoms with Crippen molar-refractivity contribution in [3.8, 4) is 0 Å². The van der Waals surface area contributed by atoms with E-state index in [0.717, 1.165) is 12.3 Å². The summed E-state index contributed by atoms with van der Waals surface area (Å²) in [6.07, 6.45) is 14.4. The highest BCUT2D eigenvalue weighted by Gasteiger charge is 1.98. The van der Waals surface area contributed by atoms with E-state index >= 15 is 0 Å². The van der Waals surface area contributed by atoms with Crippen LogP contribution in [0, 0.1) is 0 Å². The number of hydrogen-bond acceptors (Lipinski definition) is 1. The molecule has 0 atom stereocenters. The maximum absolute atomic E-state index is 4.21. The summed E-state index contributed by atoms with van der Waals surface area (Å²) in [5.74, 6) is 1.04. The third kappa shape index (κ3) is 7.34. The fourth-order valence-corrected chi connectivity index (χ4v) is 1.97. The molecule has 0 spiro atoms. The predicted octanol–water partition coefficient (Wildman–Crippen LogP) is -0.413. The zero-order valence-corrected chi connectivity index (χ0v) is 12.6. The molecule has 0 aliphatic rings. The van der Waals surface area contributed by atoms with Gasteiger partial charge in [0.1, 0.15) is 12.4 Å². The summed E-state index contributed by atoms with van der Waals surface area (Å²) in [7, 11) is 2.06. The molecule has 0 fully saturated rings. The highest BCUT2D eigenvalue weighted by Crippen LogP contribution is 2.05. The van der Waals surface area contributed by atoms with E-state index in [9.17, 15) is 0 Å². The Kier molecular flexibility index (Phi) is 10.2. The first-order chi connectivity index (χ1) is 7.33. The van der Waals surface area contributed by atoms with Crippen LogP contribution in [-0.2, 0) is 13.6 Å². The van der Waals surface area contributed by atoms with Gasteiger partial charge in [-0.05, 0) is 25.0 Å². The van der Waals surface area contributed by atoms with E-state index in [2.05, 4.69) is 47.5 Å². The molecule has 1 heterocycles. The van der Waals surface area contributed by atoms with E-state index in [-0.39, 0.29) is 17.0 Å². The van der Waals surface area contributed by atoms with Crippen LogP contribution < -0.4 is 21.5 Å². The van der Waals surface area contributed by atoms with Gasteiger partial charge in [-0.25, -0.2) is 9.13 Å². The van der Waals surface area contributed by atoms with Crippen molar-refractivity contribution in [2.75, 3.05) is 5.75 Å². The Morgan fingerprint density at radius 1 is 1.06 bits per heavy atom. The van der Waals surface area contributed by atoms with Crippen LogP contribution in [0.15, 0.2) is 18.7 Å². The lowest BCUT2D eigenvalue weighted by Crippen LogP contribution is -3.00. The maximum Gasteiger partial charge on any atom is 0.243 e. The smallest absolute Gasteiger partial charge is 0.243 e. The summed E-state index contributed by atoms with van der Waals surface area (Å²) in [6.45, 7) is 1.16. The molecule has 0 bridgehead atoms. The van der Waals surface area contributed by atoms with Crippen molar-refractivity contribution >= 4 is 12.6 Å². The minimum atomic E-state index is 0. The Bertz CT molecular complexity index is 263. The molecule has 1 rings (SSSR count). The number of unbranched alkanes of at least 4 members (excludes halogenated alkanes) is 5. The number of imidazole rings is 1. The van der Waals surface area contributed by atoms with Crippen LogP contribution in [0.25, 0.3) is 0 Å². The van der Waals surface area contributed by atoms with Crippen molar-refractivity contribution < 1.29 is 21.5 Å². The normalized spacial score (nSPS) is 10.1. The van der Waals surface area contributed by atoms with Gasteiger partial charge in [-0.2, -0.15) is 12.6 Å². The van der Waals surface area contributed by atoms with Gasteiger partial charge in [-0.1, -0.05) is 19.3 Å². The van der Waals surface area contributed by atoms with Crippen molar-refractivity contribution in [2.45, 2.75) is 45.1 Å². The molecule has 1 aromatic heterocycles. The van der Waals surface area contributed by atoms with Gasteiger partial charge in [0.25, 0.3) is 0 Å². The third-order valence-corrected chi connectivity index (χ3v) is 2.96. The highest BCUT2D eigenvalue weighted by atomic mass is 79.9. The first-order valence-electron chi connectivity index (χ1n) is 5.95. The molecule has 0 radical (unpaired) electrons. The lowest BCUT2D eigenvalue weighted by atomic mass is 10.1. The Balaban J connectivity index is 0.00000225. The summed E-state index contributed by atoms with van der Waals surface area (Å²) >= 11 is 4.21. The van der Waals surface area contributed by atoms with Gasteiger partial charge in [0.2, 0.25) is 6.33 Å². The molecule has 0 aliphatic carbocycles. The second-order valence-electron chi connectivity index (χ2n) is 4.16. The van der Waals surface area contributed by atoms with Crippen LogP contribution in [-0.4, -0.2) is 10.3 Å². The number of aromatic nitrogens is 2. The van der Waals surface area contributed by atoms with Crippen LogP contribution in [0.4, 0.5) is 0 Å². The zero-order valence-electron chi connectivity index (χ0n) is 10.1. The largest absolute Gasteiger partial charge is 1.00 e. The van der Waals surface area contributed by atoms with Gasteiger partial charge in [-0.15, -0.1) is 0 Å². The summed E-state index contributed by atoms with van der Waals surface area (Å²) in [5.41, 5.74) is 0. The lowest BCUT2D eigenvalue weighted by molar-refractivity contribution is -0.696. The number of hydrogen-bond donors (Lipinski definition) is 1. The van der Waals surface area contributed by atoms with Gasteiger partial charge < -0.3 is 17.0 Å². The average Bonchev–Trinajstić information content (AvgIpc) is 2.63. The molecule has 2 nitrogen and oxygen atoms in total. The number of thiol groups is 1. The van der Waals surface area contributed by atoms with Gasteiger partial charge in [0.15, 0.2) is 0 Å². The monoisotopic (exact) mass is 306 g/mol. The molecule has 0 aliphatic heterocycles. The topological polar surface area (TPSA) is 8.81 Å². The molecule has 0 saturated heterocycles. The molecule has 0 unspecified atom stereocenters. The van der Waals surface area contributed by atoms with Gasteiger partial charge in [0, 0.05) is 0 Å². The van der Waals surface area contributed by atoms with Crippen LogP contribution in [0.3, 0.4) is 0 Å². The van der Waals surface area contributed by atoms with Gasteiger partial charge >= 0.3 is 0 Å². The van der Waals surface area contributed by atoms with Crippen LogP contribution in [0.1, 0.15) is 38.5 Å². The lowest BCUT2D eigenvalue weighted by Gasteiger charge is -1.99. The first kappa shape index (κ1) is 16.0. The number of rotatable bonds is 8. The minimum absolute atomic E-state index is 0. The second-order valence-corrected chi connectivity index (χ2v) is 4.61. The molecule has 4 heteroatoms. The SMILES string of the molecule is Cn1cc[n+](CCCCCCCCS)c1.[Br-]. The number of nitrogens with zero attached hydrogens (tertiary/aromatic N) is 2.